The molecule has 0 aliphatic heterocycles. The van der Waals surface area contributed by atoms with Gasteiger partial charge in [0.2, 0.25) is 5.91 Å². The van der Waals surface area contributed by atoms with Crippen molar-refractivity contribution in [2.75, 3.05) is 11.1 Å². The van der Waals surface area contributed by atoms with E-state index in [1.807, 2.05) is 95.7 Å². The van der Waals surface area contributed by atoms with E-state index in [1.165, 1.54) is 23.1 Å². The van der Waals surface area contributed by atoms with Crippen LogP contribution >= 0.6 is 34.7 Å². The summed E-state index contributed by atoms with van der Waals surface area (Å²) in [5, 5.41) is 15.2. The molecule has 2 aromatic heterocycles. The number of carbonyl (C=O) groups excluding carboxylic acids is 1. The molecule has 0 aliphatic rings. The summed E-state index contributed by atoms with van der Waals surface area (Å²) in [6.45, 7) is 1.89. The van der Waals surface area contributed by atoms with Crippen LogP contribution in [0.2, 0.25) is 5.02 Å². The van der Waals surface area contributed by atoms with Crippen LogP contribution in [0.15, 0.2) is 95.5 Å². The standard InChI is InChI=1S/C27H22ClN5O2S2/c1-18(35-23-15-9-8-14-21(23)28)25-31-32-27(33(25)20-12-6-3-7-13-20)37-17-24(34)30-26-29-22(16-36-26)19-10-4-2-5-11-19/h2-16,18H,17H2,1H3,(H,29,30,34). The smallest absolute Gasteiger partial charge is 0.236 e. The number of rotatable bonds is 9. The molecule has 0 fully saturated rings. The van der Waals surface area contributed by atoms with Gasteiger partial charge in [0.15, 0.2) is 22.2 Å². The first-order valence-corrected chi connectivity index (χ1v) is 13.7. The molecule has 0 radical (unpaired) electrons. The Bertz CT molecular complexity index is 1490. The third-order valence-electron chi connectivity index (χ3n) is 5.33. The van der Waals surface area contributed by atoms with Crippen LogP contribution in [0.3, 0.4) is 0 Å². The average Bonchev–Trinajstić information content (AvgIpc) is 3.57. The second-order valence-electron chi connectivity index (χ2n) is 7.94. The van der Waals surface area contributed by atoms with Crippen LogP contribution in [0.1, 0.15) is 18.9 Å². The molecule has 0 spiro atoms. The maximum atomic E-state index is 12.7. The van der Waals surface area contributed by atoms with Crippen LogP contribution in [0.5, 0.6) is 5.75 Å². The van der Waals surface area contributed by atoms with Crippen molar-refractivity contribution in [3.05, 3.63) is 101 Å². The Labute approximate surface area is 227 Å². The topological polar surface area (TPSA) is 81.9 Å². The number of hydrogen-bond donors (Lipinski definition) is 1. The SMILES string of the molecule is CC(Oc1ccccc1Cl)c1nnc(SCC(=O)Nc2nc(-c3ccccc3)cs2)n1-c1ccccc1. The number of carbonyl (C=O) groups is 1. The molecule has 2 heterocycles. The van der Waals surface area contributed by atoms with E-state index in [9.17, 15) is 4.79 Å². The fourth-order valence-corrected chi connectivity index (χ4v) is 5.27. The molecule has 3 aromatic carbocycles. The Kier molecular flexibility index (Phi) is 7.84. The van der Waals surface area contributed by atoms with Gasteiger partial charge >= 0.3 is 0 Å². The molecule has 10 heteroatoms. The Balaban J connectivity index is 1.31. The van der Waals surface area contributed by atoms with E-state index in [0.29, 0.717) is 26.9 Å². The number of aromatic nitrogens is 4. The van der Waals surface area contributed by atoms with E-state index in [2.05, 4.69) is 20.5 Å². The summed E-state index contributed by atoms with van der Waals surface area (Å²) in [5.41, 5.74) is 2.70. The van der Waals surface area contributed by atoms with Gasteiger partial charge in [0.25, 0.3) is 0 Å². The molecule has 1 N–H and O–H groups in total. The van der Waals surface area contributed by atoms with Gasteiger partial charge in [-0.3, -0.25) is 9.36 Å². The molecule has 186 valence electrons. The molecule has 0 bridgehead atoms. The fourth-order valence-electron chi connectivity index (χ4n) is 3.60. The number of amides is 1. The second-order valence-corrected chi connectivity index (χ2v) is 10.2. The Hall–Kier alpha value is -3.66. The number of nitrogens with one attached hydrogen (secondary N) is 1. The highest BCUT2D eigenvalue weighted by atomic mass is 35.5. The number of thioether (sulfide) groups is 1. The van der Waals surface area contributed by atoms with E-state index in [0.717, 1.165) is 16.9 Å². The first kappa shape index (κ1) is 25.0. The van der Waals surface area contributed by atoms with Crippen LogP contribution in [0, 0.1) is 0 Å². The van der Waals surface area contributed by atoms with Crippen LogP contribution in [0.4, 0.5) is 5.13 Å². The summed E-state index contributed by atoms with van der Waals surface area (Å²) in [4.78, 5) is 17.3. The number of nitrogens with zero attached hydrogens (tertiary/aromatic N) is 4. The monoisotopic (exact) mass is 547 g/mol. The van der Waals surface area contributed by atoms with Gasteiger partial charge in [0, 0.05) is 16.6 Å². The zero-order valence-electron chi connectivity index (χ0n) is 19.7. The van der Waals surface area contributed by atoms with Crippen molar-refractivity contribution in [3.63, 3.8) is 0 Å². The van der Waals surface area contributed by atoms with Gasteiger partial charge in [0.05, 0.1) is 16.5 Å². The fraction of sp³-hybridized carbons (Fsp3) is 0.111. The summed E-state index contributed by atoms with van der Waals surface area (Å²) in [7, 11) is 0. The van der Waals surface area contributed by atoms with Crippen LogP contribution < -0.4 is 10.1 Å². The number of benzene rings is 3. The van der Waals surface area contributed by atoms with Crippen molar-refractivity contribution in [3.8, 4) is 22.7 Å². The van der Waals surface area contributed by atoms with Crippen molar-refractivity contribution >= 4 is 45.7 Å². The van der Waals surface area contributed by atoms with Gasteiger partial charge < -0.3 is 10.1 Å². The second kappa shape index (κ2) is 11.6. The van der Waals surface area contributed by atoms with Crippen molar-refractivity contribution in [1.29, 1.82) is 0 Å². The number of hydrogen-bond acceptors (Lipinski definition) is 7. The number of halogens is 1. The molecule has 1 amide bonds. The predicted molar refractivity (Wildman–Crippen MR) is 149 cm³/mol. The highest BCUT2D eigenvalue weighted by molar-refractivity contribution is 7.99. The largest absolute Gasteiger partial charge is 0.481 e. The summed E-state index contributed by atoms with van der Waals surface area (Å²) in [6, 6.07) is 26.9. The van der Waals surface area contributed by atoms with E-state index >= 15 is 0 Å². The molecule has 1 atom stereocenters. The van der Waals surface area contributed by atoms with Gasteiger partial charge in [-0.05, 0) is 31.2 Å². The highest BCUT2D eigenvalue weighted by Gasteiger charge is 2.22. The summed E-state index contributed by atoms with van der Waals surface area (Å²) >= 11 is 8.97. The molecule has 1 unspecified atom stereocenters. The minimum atomic E-state index is -0.442. The Morgan fingerprint density at radius 3 is 2.49 bits per heavy atom. The van der Waals surface area contributed by atoms with E-state index < -0.39 is 6.10 Å². The maximum absolute atomic E-state index is 12.7. The minimum absolute atomic E-state index is 0.144. The molecule has 5 aromatic rings. The molecule has 5 rings (SSSR count). The lowest BCUT2D eigenvalue weighted by Crippen LogP contribution is -2.15. The molecule has 0 aliphatic carbocycles. The van der Waals surface area contributed by atoms with E-state index in [-0.39, 0.29) is 11.7 Å². The minimum Gasteiger partial charge on any atom is -0.481 e. The van der Waals surface area contributed by atoms with Gasteiger partial charge in [-0.25, -0.2) is 4.98 Å². The van der Waals surface area contributed by atoms with Crippen molar-refractivity contribution < 1.29 is 9.53 Å². The van der Waals surface area contributed by atoms with Gasteiger partial charge in [-0.1, -0.05) is 84.0 Å². The quantitative estimate of drug-likeness (QED) is 0.202. The number of anilines is 1. The lowest BCUT2D eigenvalue weighted by molar-refractivity contribution is -0.113. The number of thiazole rings is 1. The van der Waals surface area contributed by atoms with E-state index in [4.69, 9.17) is 16.3 Å². The predicted octanol–water partition coefficient (Wildman–Crippen LogP) is 6.92. The molecule has 0 saturated heterocycles. The van der Waals surface area contributed by atoms with Crippen molar-refractivity contribution in [2.24, 2.45) is 0 Å². The third kappa shape index (κ3) is 6.02. The van der Waals surface area contributed by atoms with Crippen LogP contribution in [-0.4, -0.2) is 31.4 Å². The lowest BCUT2D eigenvalue weighted by Gasteiger charge is -2.17. The zero-order chi connectivity index (χ0) is 25.6. The van der Waals surface area contributed by atoms with Crippen molar-refractivity contribution in [1.82, 2.24) is 19.7 Å². The molecule has 0 saturated carbocycles. The normalized spacial score (nSPS) is 11.7. The number of para-hydroxylation sites is 2. The Morgan fingerprint density at radius 1 is 1.03 bits per heavy atom. The maximum Gasteiger partial charge on any atom is 0.236 e. The number of ether oxygens (including phenoxy) is 1. The van der Waals surface area contributed by atoms with Crippen molar-refractivity contribution in [2.45, 2.75) is 18.2 Å². The van der Waals surface area contributed by atoms with Crippen LogP contribution in [-0.2, 0) is 4.79 Å². The van der Waals surface area contributed by atoms with E-state index in [1.54, 1.807) is 6.07 Å². The van der Waals surface area contributed by atoms with Crippen LogP contribution in [0.25, 0.3) is 16.9 Å². The van der Waals surface area contributed by atoms with Gasteiger partial charge in [-0.15, -0.1) is 21.5 Å². The third-order valence-corrected chi connectivity index (χ3v) is 7.33. The van der Waals surface area contributed by atoms with Gasteiger partial charge in [-0.2, -0.15) is 0 Å². The Morgan fingerprint density at radius 2 is 1.73 bits per heavy atom. The average molecular weight is 548 g/mol. The highest BCUT2D eigenvalue weighted by Crippen LogP contribution is 2.31. The molecule has 37 heavy (non-hydrogen) atoms. The summed E-state index contributed by atoms with van der Waals surface area (Å²) in [5.74, 6) is 1.13. The van der Waals surface area contributed by atoms with Gasteiger partial charge in [0.1, 0.15) is 5.75 Å². The molecular weight excluding hydrogens is 526 g/mol. The summed E-state index contributed by atoms with van der Waals surface area (Å²) in [6.07, 6.45) is -0.442. The molecule has 7 nitrogen and oxygen atoms in total. The zero-order valence-corrected chi connectivity index (χ0v) is 22.1. The lowest BCUT2D eigenvalue weighted by atomic mass is 10.2. The molecular formula is C27H22ClN5O2S2. The first-order chi connectivity index (χ1) is 18.1. The summed E-state index contributed by atoms with van der Waals surface area (Å²) < 4.78 is 8.00. The first-order valence-electron chi connectivity index (χ1n) is 11.4.